The molecule has 116 valence electrons. The van der Waals surface area contributed by atoms with E-state index in [0.717, 1.165) is 11.0 Å². The standard InChI is InChI=1S/C17H12O5S/c18-17-9-7-14-6-8-15(12-16(14)21-17)22-23(19,20)11-10-13-4-2-1-3-5-13/h1-12H/b11-10+. The number of fused-ring (bicyclic) bond motifs is 1. The lowest BCUT2D eigenvalue weighted by atomic mass is 10.2. The van der Waals surface area contributed by atoms with Crippen molar-refractivity contribution in [2.75, 3.05) is 0 Å². The van der Waals surface area contributed by atoms with E-state index in [-0.39, 0.29) is 11.3 Å². The van der Waals surface area contributed by atoms with Crippen LogP contribution in [-0.4, -0.2) is 8.42 Å². The first kappa shape index (κ1) is 15.1. The van der Waals surface area contributed by atoms with Crippen molar-refractivity contribution in [3.05, 3.63) is 82.1 Å². The predicted octanol–water partition coefficient (Wildman–Crippen LogP) is 3.17. The molecule has 6 heteroatoms. The van der Waals surface area contributed by atoms with E-state index < -0.39 is 15.7 Å². The first-order valence-electron chi connectivity index (χ1n) is 6.73. The van der Waals surface area contributed by atoms with Gasteiger partial charge in [0.25, 0.3) is 0 Å². The van der Waals surface area contributed by atoms with Gasteiger partial charge in [-0.05, 0) is 29.8 Å². The Labute approximate surface area is 132 Å². The third-order valence-electron chi connectivity index (χ3n) is 3.03. The van der Waals surface area contributed by atoms with E-state index >= 15 is 0 Å². The molecule has 0 radical (unpaired) electrons. The lowest BCUT2D eigenvalue weighted by Gasteiger charge is -2.04. The van der Waals surface area contributed by atoms with E-state index in [1.807, 2.05) is 6.07 Å². The fraction of sp³-hybridized carbons (Fsp3) is 0. The molecule has 0 unspecified atom stereocenters. The number of rotatable bonds is 4. The second kappa shape index (κ2) is 6.10. The Bertz CT molecular complexity index is 1020. The molecule has 3 aromatic rings. The van der Waals surface area contributed by atoms with Gasteiger partial charge in [0.1, 0.15) is 11.3 Å². The summed E-state index contributed by atoms with van der Waals surface area (Å²) in [5.41, 5.74) is 0.489. The highest BCUT2D eigenvalue weighted by molar-refractivity contribution is 7.90. The normalized spacial score (nSPS) is 11.8. The van der Waals surface area contributed by atoms with Gasteiger partial charge in [-0.25, -0.2) is 4.79 Å². The third kappa shape index (κ3) is 3.87. The Balaban J connectivity index is 1.85. The van der Waals surface area contributed by atoms with E-state index in [4.69, 9.17) is 8.60 Å². The maximum absolute atomic E-state index is 12.0. The van der Waals surface area contributed by atoms with Gasteiger partial charge >= 0.3 is 15.7 Å². The molecule has 0 spiro atoms. The minimum Gasteiger partial charge on any atom is -0.423 e. The fourth-order valence-corrected chi connectivity index (χ4v) is 2.73. The highest BCUT2D eigenvalue weighted by Gasteiger charge is 2.09. The van der Waals surface area contributed by atoms with Crippen molar-refractivity contribution >= 4 is 27.2 Å². The second-order valence-corrected chi connectivity index (χ2v) is 6.17. The SMILES string of the molecule is O=c1ccc2ccc(OS(=O)(=O)/C=C/c3ccccc3)cc2o1. The first-order valence-corrected chi connectivity index (χ1v) is 8.21. The van der Waals surface area contributed by atoms with E-state index in [0.29, 0.717) is 5.39 Å². The van der Waals surface area contributed by atoms with Crippen molar-refractivity contribution < 1.29 is 17.0 Å². The molecular weight excluding hydrogens is 316 g/mol. The molecule has 0 saturated carbocycles. The summed E-state index contributed by atoms with van der Waals surface area (Å²) in [6, 6.07) is 16.4. The summed E-state index contributed by atoms with van der Waals surface area (Å²) in [5.74, 6) is 0.0737. The Kier molecular flexibility index (Phi) is 3.99. The summed E-state index contributed by atoms with van der Waals surface area (Å²) < 4.78 is 33.9. The average molecular weight is 328 g/mol. The third-order valence-corrected chi connectivity index (χ3v) is 3.93. The molecule has 3 rings (SSSR count). The van der Waals surface area contributed by atoms with Crippen LogP contribution in [0.3, 0.4) is 0 Å². The molecule has 23 heavy (non-hydrogen) atoms. The van der Waals surface area contributed by atoms with Gasteiger partial charge in [0.15, 0.2) is 0 Å². The molecule has 0 aliphatic carbocycles. The van der Waals surface area contributed by atoms with Crippen LogP contribution in [0.1, 0.15) is 5.56 Å². The number of hydrogen-bond donors (Lipinski definition) is 0. The average Bonchev–Trinajstić information content (AvgIpc) is 2.53. The summed E-state index contributed by atoms with van der Waals surface area (Å²) in [5, 5.41) is 1.66. The maximum atomic E-state index is 12.0. The van der Waals surface area contributed by atoms with Crippen LogP contribution in [0.15, 0.2) is 75.3 Å². The molecule has 2 aromatic carbocycles. The van der Waals surface area contributed by atoms with Gasteiger partial charge in [-0.3, -0.25) is 0 Å². The predicted molar refractivity (Wildman–Crippen MR) is 87.5 cm³/mol. The molecule has 0 amide bonds. The lowest BCUT2D eigenvalue weighted by molar-refractivity contribution is 0.495. The second-order valence-electron chi connectivity index (χ2n) is 4.74. The van der Waals surface area contributed by atoms with Crippen molar-refractivity contribution in [2.24, 2.45) is 0 Å². The van der Waals surface area contributed by atoms with Crippen LogP contribution in [0.2, 0.25) is 0 Å². The van der Waals surface area contributed by atoms with Gasteiger partial charge in [-0.15, -0.1) is 0 Å². The minimum atomic E-state index is -3.91. The molecule has 0 aliphatic rings. The van der Waals surface area contributed by atoms with Crippen molar-refractivity contribution in [1.82, 2.24) is 0 Å². The van der Waals surface area contributed by atoms with E-state index in [2.05, 4.69) is 0 Å². The van der Waals surface area contributed by atoms with E-state index in [1.54, 1.807) is 36.4 Å². The Morgan fingerprint density at radius 2 is 1.70 bits per heavy atom. The van der Waals surface area contributed by atoms with Crippen LogP contribution < -0.4 is 9.81 Å². The van der Waals surface area contributed by atoms with Crippen LogP contribution in [0.4, 0.5) is 0 Å². The molecule has 5 nitrogen and oxygen atoms in total. The molecule has 1 aromatic heterocycles. The number of benzene rings is 2. The Hall–Kier alpha value is -2.86. The maximum Gasteiger partial charge on any atom is 0.336 e. The van der Waals surface area contributed by atoms with Gasteiger partial charge in [-0.1, -0.05) is 30.3 Å². The molecule has 0 bridgehead atoms. The fourth-order valence-electron chi connectivity index (χ4n) is 1.98. The largest absolute Gasteiger partial charge is 0.423 e. The van der Waals surface area contributed by atoms with Crippen LogP contribution >= 0.6 is 0 Å². The molecule has 0 aliphatic heterocycles. The van der Waals surface area contributed by atoms with Crippen LogP contribution in [0, 0.1) is 0 Å². The Morgan fingerprint density at radius 3 is 2.48 bits per heavy atom. The number of hydrogen-bond acceptors (Lipinski definition) is 5. The first-order chi connectivity index (χ1) is 11.0. The van der Waals surface area contributed by atoms with Crippen molar-refractivity contribution in [1.29, 1.82) is 0 Å². The molecule has 0 N–H and O–H groups in total. The molecule has 0 fully saturated rings. The molecular formula is C17H12O5S. The summed E-state index contributed by atoms with van der Waals surface area (Å²) in [6.45, 7) is 0. The van der Waals surface area contributed by atoms with Gasteiger partial charge in [-0.2, -0.15) is 8.42 Å². The smallest absolute Gasteiger partial charge is 0.336 e. The van der Waals surface area contributed by atoms with Crippen molar-refractivity contribution in [2.45, 2.75) is 0 Å². The van der Waals surface area contributed by atoms with Crippen LogP contribution in [-0.2, 0) is 10.1 Å². The zero-order chi connectivity index (χ0) is 16.3. The van der Waals surface area contributed by atoms with Crippen molar-refractivity contribution in [3.63, 3.8) is 0 Å². The highest BCUT2D eigenvalue weighted by Crippen LogP contribution is 2.21. The molecule has 0 saturated heterocycles. The van der Waals surface area contributed by atoms with Crippen LogP contribution in [0.5, 0.6) is 5.75 Å². The highest BCUT2D eigenvalue weighted by atomic mass is 32.2. The molecule has 1 heterocycles. The van der Waals surface area contributed by atoms with E-state index in [9.17, 15) is 13.2 Å². The molecule has 0 atom stereocenters. The summed E-state index contributed by atoms with van der Waals surface area (Å²) in [7, 11) is -3.91. The Morgan fingerprint density at radius 1 is 0.957 bits per heavy atom. The van der Waals surface area contributed by atoms with Crippen molar-refractivity contribution in [3.8, 4) is 5.75 Å². The zero-order valence-electron chi connectivity index (χ0n) is 11.9. The summed E-state index contributed by atoms with van der Waals surface area (Å²) in [6.07, 6.45) is 1.44. The topological polar surface area (TPSA) is 73.6 Å². The van der Waals surface area contributed by atoms with Gasteiger partial charge in [0.05, 0.1) is 5.41 Å². The van der Waals surface area contributed by atoms with Gasteiger partial charge < -0.3 is 8.60 Å². The van der Waals surface area contributed by atoms with Gasteiger partial charge in [0, 0.05) is 17.5 Å². The van der Waals surface area contributed by atoms with E-state index in [1.165, 1.54) is 24.3 Å². The zero-order valence-corrected chi connectivity index (χ0v) is 12.7. The minimum absolute atomic E-state index is 0.0737. The quantitative estimate of drug-likeness (QED) is 0.543. The lowest BCUT2D eigenvalue weighted by Crippen LogP contribution is -2.05. The summed E-state index contributed by atoms with van der Waals surface area (Å²) >= 11 is 0. The monoisotopic (exact) mass is 328 g/mol. The van der Waals surface area contributed by atoms with Crippen LogP contribution in [0.25, 0.3) is 17.0 Å². The summed E-state index contributed by atoms with van der Waals surface area (Å²) in [4.78, 5) is 11.2. The van der Waals surface area contributed by atoms with Gasteiger partial charge in [0.2, 0.25) is 0 Å².